The Bertz CT molecular complexity index is 242. The summed E-state index contributed by atoms with van der Waals surface area (Å²) in [4.78, 5) is 7.26. The molecule has 4 nitrogen and oxygen atoms in total. The van der Waals surface area contributed by atoms with Gasteiger partial charge in [-0.15, -0.1) is 0 Å². The zero-order chi connectivity index (χ0) is 9.68. The molecule has 0 aromatic carbocycles. The van der Waals surface area contributed by atoms with Crippen LogP contribution >= 0.6 is 0 Å². The SMILES string of the molecule is CCOC(OCC)c1nc(C)c[nH]1. The van der Waals surface area contributed by atoms with Crippen molar-refractivity contribution in [1.82, 2.24) is 9.97 Å². The Hall–Kier alpha value is -0.870. The quantitative estimate of drug-likeness (QED) is 0.710. The minimum Gasteiger partial charge on any atom is -0.346 e. The van der Waals surface area contributed by atoms with E-state index in [1.807, 2.05) is 27.0 Å². The van der Waals surface area contributed by atoms with Gasteiger partial charge in [-0.3, -0.25) is 0 Å². The third-order valence-corrected chi connectivity index (χ3v) is 1.59. The Morgan fingerprint density at radius 2 is 2.00 bits per heavy atom. The first-order valence-corrected chi connectivity index (χ1v) is 4.53. The van der Waals surface area contributed by atoms with Crippen LogP contribution in [-0.2, 0) is 9.47 Å². The van der Waals surface area contributed by atoms with E-state index in [1.165, 1.54) is 0 Å². The molecule has 1 aromatic rings. The number of imidazole rings is 1. The zero-order valence-electron chi connectivity index (χ0n) is 8.33. The van der Waals surface area contributed by atoms with E-state index in [1.54, 1.807) is 0 Å². The van der Waals surface area contributed by atoms with Gasteiger partial charge in [0.1, 0.15) is 0 Å². The summed E-state index contributed by atoms with van der Waals surface area (Å²) < 4.78 is 10.7. The topological polar surface area (TPSA) is 47.1 Å². The molecular weight excluding hydrogens is 168 g/mol. The van der Waals surface area contributed by atoms with Crippen molar-refractivity contribution in [3.8, 4) is 0 Å². The molecular formula is C9H16N2O2. The molecule has 0 atom stereocenters. The first-order valence-electron chi connectivity index (χ1n) is 4.53. The molecule has 1 heterocycles. The Balaban J connectivity index is 2.63. The fraction of sp³-hybridized carbons (Fsp3) is 0.667. The molecule has 1 rings (SSSR count). The molecule has 0 fully saturated rings. The van der Waals surface area contributed by atoms with Gasteiger partial charge in [0.15, 0.2) is 5.82 Å². The summed E-state index contributed by atoms with van der Waals surface area (Å²) in [6.07, 6.45) is 1.48. The second kappa shape index (κ2) is 4.99. The van der Waals surface area contributed by atoms with Crippen LogP contribution < -0.4 is 0 Å². The Morgan fingerprint density at radius 3 is 2.38 bits per heavy atom. The van der Waals surface area contributed by atoms with E-state index >= 15 is 0 Å². The zero-order valence-corrected chi connectivity index (χ0v) is 8.33. The molecule has 0 aliphatic heterocycles. The Kier molecular flexibility index (Phi) is 3.92. The van der Waals surface area contributed by atoms with E-state index in [0.717, 1.165) is 11.5 Å². The summed E-state index contributed by atoms with van der Waals surface area (Å²) >= 11 is 0. The fourth-order valence-corrected chi connectivity index (χ4v) is 1.06. The molecule has 1 N–H and O–H groups in total. The van der Waals surface area contributed by atoms with Crippen molar-refractivity contribution in [1.29, 1.82) is 0 Å². The highest BCUT2D eigenvalue weighted by Gasteiger charge is 2.13. The molecule has 0 saturated carbocycles. The van der Waals surface area contributed by atoms with Crippen molar-refractivity contribution in [3.05, 3.63) is 17.7 Å². The van der Waals surface area contributed by atoms with Crippen molar-refractivity contribution in [2.75, 3.05) is 13.2 Å². The van der Waals surface area contributed by atoms with Crippen LogP contribution in [0.5, 0.6) is 0 Å². The summed E-state index contributed by atoms with van der Waals surface area (Å²) in [5, 5.41) is 0. The van der Waals surface area contributed by atoms with Gasteiger partial charge in [0.25, 0.3) is 0 Å². The number of hydrogen-bond donors (Lipinski definition) is 1. The molecule has 0 aliphatic rings. The summed E-state index contributed by atoms with van der Waals surface area (Å²) in [6, 6.07) is 0. The first-order chi connectivity index (χ1) is 6.27. The smallest absolute Gasteiger partial charge is 0.217 e. The lowest BCUT2D eigenvalue weighted by Gasteiger charge is -2.13. The van der Waals surface area contributed by atoms with Crippen molar-refractivity contribution >= 4 is 0 Å². The minimum atomic E-state index is -0.358. The van der Waals surface area contributed by atoms with E-state index in [2.05, 4.69) is 9.97 Å². The minimum absolute atomic E-state index is 0.358. The molecule has 0 bridgehead atoms. The largest absolute Gasteiger partial charge is 0.346 e. The van der Waals surface area contributed by atoms with Gasteiger partial charge in [-0.05, 0) is 20.8 Å². The van der Waals surface area contributed by atoms with Crippen LogP contribution in [0.2, 0.25) is 0 Å². The lowest BCUT2D eigenvalue weighted by molar-refractivity contribution is -0.144. The van der Waals surface area contributed by atoms with E-state index in [0.29, 0.717) is 13.2 Å². The summed E-state index contributed by atoms with van der Waals surface area (Å²) in [5.74, 6) is 0.737. The summed E-state index contributed by atoms with van der Waals surface area (Å²) in [5.41, 5.74) is 0.944. The Morgan fingerprint density at radius 1 is 1.38 bits per heavy atom. The second-order valence-corrected chi connectivity index (χ2v) is 2.67. The van der Waals surface area contributed by atoms with Gasteiger partial charge >= 0.3 is 0 Å². The van der Waals surface area contributed by atoms with Crippen molar-refractivity contribution in [3.63, 3.8) is 0 Å². The van der Waals surface area contributed by atoms with E-state index < -0.39 is 0 Å². The molecule has 13 heavy (non-hydrogen) atoms. The average Bonchev–Trinajstić information content (AvgIpc) is 2.51. The first kappa shape index (κ1) is 10.2. The average molecular weight is 184 g/mol. The van der Waals surface area contributed by atoms with Crippen LogP contribution in [0.4, 0.5) is 0 Å². The standard InChI is InChI=1S/C9H16N2O2/c1-4-12-9(13-5-2)8-10-6-7(3)11-8/h6,9H,4-5H2,1-3H3,(H,10,11). The van der Waals surface area contributed by atoms with Crippen molar-refractivity contribution in [2.45, 2.75) is 27.1 Å². The van der Waals surface area contributed by atoms with Gasteiger partial charge in [-0.1, -0.05) is 0 Å². The van der Waals surface area contributed by atoms with Crippen LogP contribution in [0.3, 0.4) is 0 Å². The van der Waals surface area contributed by atoms with Gasteiger partial charge in [0, 0.05) is 19.4 Å². The maximum Gasteiger partial charge on any atom is 0.217 e. The van der Waals surface area contributed by atoms with Crippen LogP contribution in [0.15, 0.2) is 6.20 Å². The maximum atomic E-state index is 5.37. The van der Waals surface area contributed by atoms with Gasteiger partial charge in [-0.2, -0.15) is 0 Å². The number of H-pyrrole nitrogens is 1. The number of nitrogens with one attached hydrogen (secondary N) is 1. The molecule has 0 saturated heterocycles. The highest BCUT2D eigenvalue weighted by atomic mass is 16.7. The van der Waals surface area contributed by atoms with Crippen LogP contribution in [0.1, 0.15) is 31.7 Å². The predicted molar refractivity (Wildman–Crippen MR) is 49.3 cm³/mol. The number of hydrogen-bond acceptors (Lipinski definition) is 3. The molecule has 0 amide bonds. The number of rotatable bonds is 5. The lowest BCUT2D eigenvalue weighted by atomic mass is 10.5. The second-order valence-electron chi connectivity index (χ2n) is 2.67. The summed E-state index contributed by atoms with van der Waals surface area (Å²) in [7, 11) is 0. The van der Waals surface area contributed by atoms with E-state index in [4.69, 9.17) is 9.47 Å². The van der Waals surface area contributed by atoms with Gasteiger partial charge in [0.2, 0.25) is 6.29 Å². The van der Waals surface area contributed by atoms with Gasteiger partial charge < -0.3 is 14.5 Å². The lowest BCUT2D eigenvalue weighted by Crippen LogP contribution is -2.10. The van der Waals surface area contributed by atoms with Crippen LogP contribution in [-0.4, -0.2) is 23.2 Å². The highest BCUT2D eigenvalue weighted by molar-refractivity contribution is 4.99. The predicted octanol–water partition coefficient (Wildman–Crippen LogP) is 1.79. The van der Waals surface area contributed by atoms with Crippen molar-refractivity contribution < 1.29 is 9.47 Å². The monoisotopic (exact) mass is 184 g/mol. The fourth-order valence-electron chi connectivity index (χ4n) is 1.06. The molecule has 74 valence electrons. The number of aromatic amines is 1. The van der Waals surface area contributed by atoms with Gasteiger partial charge in [-0.25, -0.2) is 4.98 Å². The van der Waals surface area contributed by atoms with Crippen LogP contribution in [0, 0.1) is 6.92 Å². The maximum absolute atomic E-state index is 5.37. The number of aromatic nitrogens is 2. The van der Waals surface area contributed by atoms with Crippen LogP contribution in [0.25, 0.3) is 0 Å². The molecule has 0 spiro atoms. The van der Waals surface area contributed by atoms with E-state index in [9.17, 15) is 0 Å². The molecule has 0 radical (unpaired) electrons. The number of nitrogens with zero attached hydrogens (tertiary/aromatic N) is 1. The third kappa shape index (κ3) is 2.82. The molecule has 4 heteroatoms. The summed E-state index contributed by atoms with van der Waals surface area (Å²) in [6.45, 7) is 7.02. The third-order valence-electron chi connectivity index (χ3n) is 1.59. The number of ether oxygens (including phenoxy) is 2. The Labute approximate surface area is 78.3 Å². The highest BCUT2D eigenvalue weighted by Crippen LogP contribution is 2.14. The normalized spacial score (nSPS) is 11.1. The van der Waals surface area contributed by atoms with E-state index in [-0.39, 0.29) is 6.29 Å². The molecule has 0 aliphatic carbocycles. The van der Waals surface area contributed by atoms with Crippen molar-refractivity contribution in [2.24, 2.45) is 0 Å². The molecule has 0 unspecified atom stereocenters. The number of aryl methyl sites for hydroxylation is 1. The van der Waals surface area contributed by atoms with Gasteiger partial charge in [0.05, 0.1) is 5.69 Å². The molecule has 1 aromatic heterocycles.